The van der Waals surface area contributed by atoms with Crippen molar-refractivity contribution in [3.8, 4) is 0 Å². The number of hydrogen-bond donors (Lipinski definition) is 3. The van der Waals surface area contributed by atoms with Crippen LogP contribution in [0.5, 0.6) is 0 Å². The molecule has 2 spiro atoms. The van der Waals surface area contributed by atoms with Crippen molar-refractivity contribution in [2.75, 3.05) is 0 Å². The Morgan fingerprint density at radius 1 is 0.850 bits per heavy atom. The first-order valence-corrected chi connectivity index (χ1v) is 23.4. The second kappa shape index (κ2) is 23.9. The molecule has 5 rings (SSSR count). The van der Waals surface area contributed by atoms with Crippen molar-refractivity contribution in [3.63, 3.8) is 0 Å². The van der Waals surface area contributed by atoms with Crippen LogP contribution in [-0.2, 0) is 66.0 Å². The van der Waals surface area contributed by atoms with Crippen molar-refractivity contribution < 1.29 is 81.3 Å². The second-order valence-electron chi connectivity index (χ2n) is 19.4. The summed E-state index contributed by atoms with van der Waals surface area (Å²) in [7, 11) is 0. The molecule has 0 unspecified atom stereocenters. The van der Waals surface area contributed by atoms with E-state index in [-0.39, 0.29) is 92.4 Å². The van der Waals surface area contributed by atoms with Gasteiger partial charge in [-0.1, -0.05) is 69.2 Å². The molecule has 4 fully saturated rings. The molecule has 0 aromatic carbocycles. The van der Waals surface area contributed by atoms with Gasteiger partial charge in [0.05, 0.1) is 47.8 Å². The Morgan fingerprint density at radius 3 is 1.98 bits per heavy atom. The van der Waals surface area contributed by atoms with Crippen LogP contribution in [0.1, 0.15) is 167 Å². The predicted molar refractivity (Wildman–Crippen MR) is 233 cm³/mol. The second-order valence-corrected chi connectivity index (χ2v) is 19.4. The Hall–Kier alpha value is -0.136. The van der Waals surface area contributed by atoms with Gasteiger partial charge in [0, 0.05) is 62.8 Å². The molecule has 5 aliphatic heterocycles. The zero-order valence-corrected chi connectivity index (χ0v) is 42.8. The zero-order valence-electron chi connectivity index (χ0n) is 39.9. The Kier molecular flexibility index (Phi) is 22.3. The van der Waals surface area contributed by atoms with E-state index in [0.717, 1.165) is 25.7 Å². The summed E-state index contributed by atoms with van der Waals surface area (Å²) >= 11 is 0. The van der Waals surface area contributed by atoms with Crippen LogP contribution < -0.4 is 0 Å². The van der Waals surface area contributed by atoms with Crippen molar-refractivity contribution in [1.29, 1.82) is 0 Å². The monoisotopic (exact) mass is 924 g/mol. The molecule has 60 heavy (non-hydrogen) atoms. The molecule has 0 aliphatic carbocycles. The van der Waals surface area contributed by atoms with Gasteiger partial charge in [-0.2, -0.15) is 6.42 Å². The molecule has 0 saturated carbocycles. The van der Waals surface area contributed by atoms with Gasteiger partial charge in [-0.25, -0.2) is 0 Å². The molecule has 0 aromatic heterocycles. The summed E-state index contributed by atoms with van der Waals surface area (Å²) < 4.78 is 32.8. The van der Waals surface area contributed by atoms with Crippen molar-refractivity contribution in [3.05, 3.63) is 26.0 Å². The van der Waals surface area contributed by atoms with E-state index in [4.69, 9.17) is 23.7 Å². The van der Waals surface area contributed by atoms with Crippen LogP contribution in [0, 0.1) is 55.3 Å². The minimum absolute atomic E-state index is 0. The van der Waals surface area contributed by atoms with E-state index in [1.165, 1.54) is 6.42 Å². The third-order valence-electron chi connectivity index (χ3n) is 14.6. The summed E-state index contributed by atoms with van der Waals surface area (Å²) in [6, 6.07) is 0. The number of aliphatic hydroxyl groups excluding tert-OH is 2. The van der Waals surface area contributed by atoms with Crippen molar-refractivity contribution in [2.24, 2.45) is 41.4 Å². The maximum Gasteiger partial charge on any atom is 0.202 e. The van der Waals surface area contributed by atoms with E-state index in [1.807, 2.05) is 34.6 Å². The average Bonchev–Trinajstić information content (AvgIpc) is 3.54. The fraction of sp³-hybridized carbons (Fsp3) is 0.878. The predicted octanol–water partition coefficient (Wildman–Crippen LogP) is 9.15. The maximum absolute atomic E-state index is 13.4. The van der Waals surface area contributed by atoms with Crippen molar-refractivity contribution in [2.45, 2.75) is 233 Å². The minimum Gasteiger partial charge on any atom is -0.393 e. The van der Waals surface area contributed by atoms with E-state index in [2.05, 4.69) is 55.4 Å². The number of carbonyl (C=O) groups excluding carboxylic acids is 2. The van der Waals surface area contributed by atoms with E-state index in [1.54, 1.807) is 26.0 Å². The van der Waals surface area contributed by atoms with Gasteiger partial charge >= 0.3 is 0 Å². The quantitative estimate of drug-likeness (QED) is 0.128. The number of Topliss-reactive ketones (excluding diaryl/α,β-unsaturated/α-hetero) is 2. The third-order valence-corrected chi connectivity index (χ3v) is 14.6. The molecule has 3 N–H and O–H groups in total. The van der Waals surface area contributed by atoms with Gasteiger partial charge in [-0.15, -0.1) is 6.42 Å². The smallest absolute Gasteiger partial charge is 0.202 e. The van der Waals surface area contributed by atoms with Gasteiger partial charge in [-0.05, 0) is 108 Å². The molecule has 5 aliphatic rings. The van der Waals surface area contributed by atoms with Gasteiger partial charge in [0.2, 0.25) is 5.79 Å². The Morgan fingerprint density at radius 2 is 1.47 bits per heavy atom. The largest absolute Gasteiger partial charge is 0.393 e. The van der Waals surface area contributed by atoms with Crippen LogP contribution in [0.3, 0.4) is 0 Å². The molecule has 0 aromatic rings. The molecular formula is C49H86O10Y-2. The summed E-state index contributed by atoms with van der Waals surface area (Å²) in [5.74, 6) is -1.77. The molecule has 5 heterocycles. The van der Waals surface area contributed by atoms with Crippen LogP contribution in [0.2, 0.25) is 0 Å². The molecule has 4 saturated heterocycles. The van der Waals surface area contributed by atoms with E-state index >= 15 is 0 Å². The van der Waals surface area contributed by atoms with Gasteiger partial charge in [0.1, 0.15) is 17.7 Å². The molecule has 347 valence electrons. The Bertz CT molecular complexity index is 1360. The molecule has 10 nitrogen and oxygen atoms in total. The number of hydrogen-bond acceptors (Lipinski definition) is 10. The standard InChI is InChI=1S/C31H52O8.C15H27O2.C3H7.Y/c1-9-23(26(34)20(5)21(6)32)27-18(3)17-19(4)30(37-27)14-11-24(33)31(39-30)16-15-28(8,38-31)25-12-13-29(35,10-2)22(7)36-25;1-6-12(13(16)7-2)14-9-8-11(5)15(17-14)10(3)4;1-3-2;/h11,14,18-25,27,32-33,35H,9-10,12-13,15-17H2,1-8H3;10-12,14-15H,2,6-9H2,1,3-5H3;1,3H2,2H3;/q;2*-1;/t18-,19+,20-,21-,22-,23-,24+,25+,27-,28-,29+,30-,31-;11-,12-,14+,15-;;/m00../s1. The third kappa shape index (κ3) is 12.6. The number of aliphatic hydroxyl groups is 3. The van der Waals surface area contributed by atoms with Crippen LogP contribution >= 0.6 is 0 Å². The van der Waals surface area contributed by atoms with Gasteiger partial charge in [0.25, 0.3) is 0 Å². The number of ether oxygens (including phenoxy) is 5. The summed E-state index contributed by atoms with van der Waals surface area (Å²) in [5, 5.41) is 32.2. The normalized spacial score (nSPS) is 41.0. The minimum atomic E-state index is -1.30. The Labute approximate surface area is 390 Å². The number of ketones is 2. The van der Waals surface area contributed by atoms with Crippen LogP contribution in [-0.4, -0.2) is 92.4 Å². The van der Waals surface area contributed by atoms with Crippen LogP contribution in [0.15, 0.2) is 12.2 Å². The van der Waals surface area contributed by atoms with Crippen molar-refractivity contribution >= 4 is 11.6 Å². The zero-order chi connectivity index (χ0) is 44.7. The van der Waals surface area contributed by atoms with Gasteiger partial charge < -0.3 is 57.6 Å². The summed E-state index contributed by atoms with van der Waals surface area (Å²) in [6.45, 7) is 33.4. The maximum atomic E-state index is 13.4. The number of carbonyl (C=O) groups is 2. The fourth-order valence-corrected chi connectivity index (χ4v) is 10.4. The molecule has 0 bridgehead atoms. The van der Waals surface area contributed by atoms with Crippen LogP contribution in [0.25, 0.3) is 0 Å². The van der Waals surface area contributed by atoms with E-state index < -0.39 is 40.9 Å². The summed E-state index contributed by atoms with van der Waals surface area (Å²) in [6.07, 6.45) is 10.2. The summed E-state index contributed by atoms with van der Waals surface area (Å²) in [5.41, 5.74) is -1.54. The molecule has 1 radical (unpaired) electrons. The first-order valence-electron chi connectivity index (χ1n) is 23.4. The topological polar surface area (TPSA) is 141 Å². The first kappa shape index (κ1) is 56.0. The molecule has 17 atom stereocenters. The van der Waals surface area contributed by atoms with E-state index in [0.29, 0.717) is 62.9 Å². The average molecular weight is 924 g/mol. The SMILES string of the molecule is CC[C@@H](C(=O)[C@@H](C)[C@H](C)O)[C@H]1O[C@]2(C=C[C@@H](O)[C@]3(CC[C@@](C)([C@H]4CC[C@](O)(CC)[C@H](C)O4)O3)O2)[C@H](C)C[C@@H]1C.[CH2-]CC.[CH2-]CC(=O)[C@H](CC)[C@H]1CC[C@H](C)[C@H](C(C)C)O1.[Y]. The van der Waals surface area contributed by atoms with Crippen LogP contribution in [0.4, 0.5) is 0 Å². The van der Waals surface area contributed by atoms with Gasteiger partial charge in [-0.3, -0.25) is 4.79 Å². The molecule has 0 amide bonds. The first-order chi connectivity index (χ1) is 27.6. The molecular weight excluding hydrogens is 837 g/mol. The summed E-state index contributed by atoms with van der Waals surface area (Å²) in [4.78, 5) is 25.2. The van der Waals surface area contributed by atoms with E-state index in [9.17, 15) is 24.9 Å². The van der Waals surface area contributed by atoms with Gasteiger partial charge in [0.15, 0.2) is 5.79 Å². The van der Waals surface area contributed by atoms with Crippen molar-refractivity contribution in [1.82, 2.24) is 0 Å². The number of rotatable bonds is 12. The molecule has 11 heteroatoms. The fourth-order valence-electron chi connectivity index (χ4n) is 10.4. The Balaban J connectivity index is 0.000000494.